The Bertz CT molecular complexity index is 1130. The van der Waals surface area contributed by atoms with Crippen LogP contribution < -0.4 is 10.5 Å². The third kappa shape index (κ3) is 2.81. The highest BCUT2D eigenvalue weighted by atomic mass is 35.5. The van der Waals surface area contributed by atoms with Crippen molar-refractivity contribution in [2.45, 2.75) is 5.92 Å². The molecule has 5 nitrogen and oxygen atoms in total. The monoisotopic (exact) mass is 400 g/mol. The highest BCUT2D eigenvalue weighted by Crippen LogP contribution is 2.46. The molecule has 0 unspecified atom stereocenters. The van der Waals surface area contributed by atoms with Crippen molar-refractivity contribution in [1.29, 1.82) is 5.26 Å². The maximum atomic E-state index is 14.6. The molecule has 1 aromatic heterocycles. The Labute approximate surface area is 163 Å². The first kappa shape index (κ1) is 17.4. The molecule has 0 amide bonds. The quantitative estimate of drug-likeness (QED) is 0.649. The third-order valence-corrected chi connectivity index (χ3v) is 5.10. The van der Waals surface area contributed by atoms with E-state index in [9.17, 15) is 9.65 Å². The molecule has 1 aliphatic rings. The van der Waals surface area contributed by atoms with Crippen LogP contribution in [0.25, 0.3) is 11.3 Å². The van der Waals surface area contributed by atoms with Gasteiger partial charge in [0.25, 0.3) is 0 Å². The number of H-pyrrole nitrogens is 1. The van der Waals surface area contributed by atoms with E-state index in [1.54, 1.807) is 36.4 Å². The van der Waals surface area contributed by atoms with Gasteiger partial charge in [0.1, 0.15) is 17.5 Å². The number of allylic oxidation sites excluding steroid dienone is 1. The maximum absolute atomic E-state index is 14.6. The molecular formula is C19H11Cl2FN4O. The Kier molecular flexibility index (Phi) is 4.27. The van der Waals surface area contributed by atoms with Crippen molar-refractivity contribution >= 4 is 23.2 Å². The minimum atomic E-state index is -0.775. The topological polar surface area (TPSA) is 87.7 Å². The Balaban J connectivity index is 1.98. The fourth-order valence-electron chi connectivity index (χ4n) is 3.14. The number of nitrogens with one attached hydrogen (secondary N) is 1. The van der Waals surface area contributed by atoms with Gasteiger partial charge in [0, 0.05) is 11.1 Å². The van der Waals surface area contributed by atoms with Crippen molar-refractivity contribution in [1.82, 2.24) is 10.2 Å². The van der Waals surface area contributed by atoms with Crippen LogP contribution in [0.3, 0.4) is 0 Å². The molecule has 3 N–H and O–H groups in total. The van der Waals surface area contributed by atoms with Crippen molar-refractivity contribution in [3.05, 3.63) is 80.9 Å². The lowest BCUT2D eigenvalue weighted by atomic mass is 9.83. The zero-order valence-electron chi connectivity index (χ0n) is 13.6. The van der Waals surface area contributed by atoms with Crippen LogP contribution in [0.1, 0.15) is 17.0 Å². The number of aromatic amines is 1. The van der Waals surface area contributed by atoms with E-state index in [0.717, 1.165) is 0 Å². The first-order valence-corrected chi connectivity index (χ1v) is 8.62. The van der Waals surface area contributed by atoms with Crippen LogP contribution in [0.2, 0.25) is 10.0 Å². The van der Waals surface area contributed by atoms with Gasteiger partial charge in [0.15, 0.2) is 0 Å². The highest BCUT2D eigenvalue weighted by Gasteiger charge is 2.36. The smallest absolute Gasteiger partial charge is 0.244 e. The minimum absolute atomic E-state index is 0.106. The van der Waals surface area contributed by atoms with Gasteiger partial charge in [-0.15, -0.1) is 5.10 Å². The molecule has 0 aliphatic carbocycles. The molecule has 1 aliphatic heterocycles. The molecule has 0 spiro atoms. The second kappa shape index (κ2) is 6.62. The van der Waals surface area contributed by atoms with Crippen LogP contribution in [0, 0.1) is 17.1 Å². The van der Waals surface area contributed by atoms with E-state index >= 15 is 0 Å². The van der Waals surface area contributed by atoms with Gasteiger partial charge in [-0.05, 0) is 18.2 Å². The van der Waals surface area contributed by atoms with E-state index in [-0.39, 0.29) is 17.3 Å². The lowest BCUT2D eigenvalue weighted by Gasteiger charge is -2.24. The number of nitriles is 1. The first-order chi connectivity index (χ1) is 13.0. The predicted octanol–water partition coefficient (Wildman–Crippen LogP) is 4.74. The lowest BCUT2D eigenvalue weighted by Crippen LogP contribution is -2.21. The summed E-state index contributed by atoms with van der Waals surface area (Å²) in [6.07, 6.45) is 0. The summed E-state index contributed by atoms with van der Waals surface area (Å²) in [4.78, 5) is 0. The first-order valence-electron chi connectivity index (χ1n) is 7.87. The number of hydrogen-bond donors (Lipinski definition) is 2. The van der Waals surface area contributed by atoms with Crippen LogP contribution in [0.4, 0.5) is 4.39 Å². The molecule has 0 saturated carbocycles. The summed E-state index contributed by atoms with van der Waals surface area (Å²) in [6, 6.07) is 13.3. The molecule has 134 valence electrons. The standard InChI is InChI=1S/C19H11Cl2FN4O/c20-12-6-5-9(7-13(12)21)17-16-15(10-3-1-2-4-14(10)22)11(8-23)18(24)27-19(16)26-25-17/h1-7,15H,24H2,(H,25,26)/t15-/m1/s1. The molecule has 2 aromatic carbocycles. The van der Waals surface area contributed by atoms with E-state index in [2.05, 4.69) is 10.2 Å². The summed E-state index contributed by atoms with van der Waals surface area (Å²) < 4.78 is 20.1. The zero-order chi connectivity index (χ0) is 19.1. The number of rotatable bonds is 2. The summed E-state index contributed by atoms with van der Waals surface area (Å²) in [5.41, 5.74) is 8.01. The predicted molar refractivity (Wildman–Crippen MR) is 99.7 cm³/mol. The normalized spacial score (nSPS) is 15.9. The Morgan fingerprint density at radius 3 is 2.67 bits per heavy atom. The zero-order valence-corrected chi connectivity index (χ0v) is 15.1. The van der Waals surface area contributed by atoms with Crippen molar-refractivity contribution in [2.24, 2.45) is 5.73 Å². The van der Waals surface area contributed by atoms with Crippen molar-refractivity contribution in [3.8, 4) is 23.2 Å². The van der Waals surface area contributed by atoms with Gasteiger partial charge in [0.05, 0.1) is 27.2 Å². The number of halogens is 3. The van der Waals surface area contributed by atoms with Crippen molar-refractivity contribution in [3.63, 3.8) is 0 Å². The second-order valence-electron chi connectivity index (χ2n) is 5.89. The minimum Gasteiger partial charge on any atom is -0.420 e. The third-order valence-electron chi connectivity index (χ3n) is 4.36. The fraction of sp³-hybridized carbons (Fsp3) is 0.0526. The second-order valence-corrected chi connectivity index (χ2v) is 6.71. The van der Waals surface area contributed by atoms with Gasteiger partial charge >= 0.3 is 0 Å². The number of nitrogens with zero attached hydrogens (tertiary/aromatic N) is 2. The molecular weight excluding hydrogens is 390 g/mol. The van der Waals surface area contributed by atoms with Crippen LogP contribution >= 0.6 is 23.2 Å². The van der Waals surface area contributed by atoms with Gasteiger partial charge in [-0.1, -0.05) is 47.5 Å². The van der Waals surface area contributed by atoms with Gasteiger partial charge in [-0.2, -0.15) is 5.26 Å². The molecule has 8 heteroatoms. The fourth-order valence-corrected chi connectivity index (χ4v) is 3.44. The molecule has 4 rings (SSSR count). The van der Waals surface area contributed by atoms with Crippen LogP contribution in [0.5, 0.6) is 5.88 Å². The summed E-state index contributed by atoms with van der Waals surface area (Å²) in [5, 5.41) is 17.4. The molecule has 27 heavy (non-hydrogen) atoms. The number of benzene rings is 2. The van der Waals surface area contributed by atoms with Gasteiger partial charge in [0.2, 0.25) is 11.8 Å². The molecule has 0 bridgehead atoms. The Morgan fingerprint density at radius 1 is 1.19 bits per heavy atom. The van der Waals surface area contributed by atoms with Gasteiger partial charge in [-0.25, -0.2) is 4.39 Å². The van der Waals surface area contributed by atoms with E-state index in [0.29, 0.717) is 32.4 Å². The largest absolute Gasteiger partial charge is 0.420 e. The van der Waals surface area contributed by atoms with Crippen molar-refractivity contribution in [2.75, 3.05) is 0 Å². The SMILES string of the molecule is N#CC1=C(N)Oc2n[nH]c(-c3ccc(Cl)c(Cl)c3)c2[C@@H]1c1ccccc1F. The summed E-state index contributed by atoms with van der Waals surface area (Å²) in [5.74, 6) is -1.16. The van der Waals surface area contributed by atoms with Gasteiger partial charge in [-0.3, -0.25) is 5.10 Å². The van der Waals surface area contributed by atoms with Crippen molar-refractivity contribution < 1.29 is 9.13 Å². The van der Waals surface area contributed by atoms with Crippen LogP contribution in [0.15, 0.2) is 53.9 Å². The van der Waals surface area contributed by atoms with E-state index in [1.807, 2.05) is 6.07 Å². The van der Waals surface area contributed by atoms with E-state index in [1.165, 1.54) is 6.07 Å². The average molecular weight is 401 g/mol. The number of ether oxygens (including phenoxy) is 1. The van der Waals surface area contributed by atoms with Crippen LogP contribution in [-0.4, -0.2) is 10.2 Å². The molecule has 0 radical (unpaired) electrons. The van der Waals surface area contributed by atoms with Crippen LogP contribution in [-0.2, 0) is 0 Å². The number of fused-ring (bicyclic) bond motifs is 1. The van der Waals surface area contributed by atoms with Gasteiger partial charge < -0.3 is 10.5 Å². The molecule has 2 heterocycles. The molecule has 0 fully saturated rings. The number of aromatic nitrogens is 2. The van der Waals surface area contributed by atoms with E-state index < -0.39 is 11.7 Å². The lowest BCUT2D eigenvalue weighted by molar-refractivity contribution is 0.378. The number of hydrogen-bond acceptors (Lipinski definition) is 4. The highest BCUT2D eigenvalue weighted by molar-refractivity contribution is 6.42. The molecule has 1 atom stereocenters. The molecule has 3 aromatic rings. The summed E-state index contributed by atoms with van der Waals surface area (Å²) in [6.45, 7) is 0. The van der Waals surface area contributed by atoms with E-state index in [4.69, 9.17) is 33.7 Å². The summed E-state index contributed by atoms with van der Waals surface area (Å²) >= 11 is 12.1. The Morgan fingerprint density at radius 2 is 1.96 bits per heavy atom. The Hall–Kier alpha value is -3.01. The average Bonchev–Trinajstić information content (AvgIpc) is 3.07. The number of nitrogens with two attached hydrogens (primary N) is 1. The summed E-state index contributed by atoms with van der Waals surface area (Å²) in [7, 11) is 0. The molecule has 0 saturated heterocycles. The maximum Gasteiger partial charge on any atom is 0.244 e.